The summed E-state index contributed by atoms with van der Waals surface area (Å²) in [5.74, 6) is 1.48. The van der Waals surface area contributed by atoms with Crippen LogP contribution in [0.3, 0.4) is 0 Å². The predicted octanol–water partition coefficient (Wildman–Crippen LogP) is 4.78. The average Bonchev–Trinajstić information content (AvgIpc) is 2.97. The molecule has 2 aromatic rings. The number of aromatic nitrogens is 2. The third-order valence-electron chi connectivity index (χ3n) is 4.24. The van der Waals surface area contributed by atoms with Gasteiger partial charge in [0.05, 0.1) is 0 Å². The van der Waals surface area contributed by atoms with E-state index in [4.69, 9.17) is 16.6 Å². The van der Waals surface area contributed by atoms with Crippen molar-refractivity contribution in [3.8, 4) is 17.1 Å². The third-order valence-corrected chi connectivity index (χ3v) is 4.43. The van der Waals surface area contributed by atoms with Gasteiger partial charge >= 0.3 is 0 Å². The van der Waals surface area contributed by atoms with Crippen molar-refractivity contribution >= 4 is 11.6 Å². The van der Waals surface area contributed by atoms with Crippen LogP contribution in [0.15, 0.2) is 18.2 Å². The molecule has 3 nitrogen and oxygen atoms in total. The summed E-state index contributed by atoms with van der Waals surface area (Å²) in [4.78, 5) is 9.08. The SMILES string of the molecule is Cc1cc(-c2nc(Cl)cc(C3CCCC3)n2)cc(C)c1O. The van der Waals surface area contributed by atoms with Crippen LogP contribution in [-0.4, -0.2) is 15.1 Å². The highest BCUT2D eigenvalue weighted by atomic mass is 35.5. The van der Waals surface area contributed by atoms with E-state index in [9.17, 15) is 5.11 Å². The monoisotopic (exact) mass is 302 g/mol. The predicted molar refractivity (Wildman–Crippen MR) is 84.8 cm³/mol. The summed E-state index contributed by atoms with van der Waals surface area (Å²) in [6, 6.07) is 5.71. The maximum absolute atomic E-state index is 9.89. The Hall–Kier alpha value is -1.61. The Morgan fingerprint density at radius 3 is 2.29 bits per heavy atom. The van der Waals surface area contributed by atoms with E-state index < -0.39 is 0 Å². The number of rotatable bonds is 2. The Balaban J connectivity index is 2.06. The van der Waals surface area contributed by atoms with Crippen molar-refractivity contribution in [2.24, 2.45) is 0 Å². The van der Waals surface area contributed by atoms with E-state index in [1.807, 2.05) is 32.0 Å². The van der Waals surface area contributed by atoms with Gasteiger partial charge in [-0.1, -0.05) is 24.4 Å². The third kappa shape index (κ3) is 2.88. The zero-order chi connectivity index (χ0) is 15.0. The van der Waals surface area contributed by atoms with Crippen LogP contribution in [-0.2, 0) is 0 Å². The lowest BCUT2D eigenvalue weighted by atomic mass is 10.0. The summed E-state index contributed by atoms with van der Waals surface area (Å²) in [5.41, 5.74) is 3.61. The topological polar surface area (TPSA) is 46.0 Å². The summed E-state index contributed by atoms with van der Waals surface area (Å²) in [6.45, 7) is 3.77. The normalized spacial score (nSPS) is 15.6. The fourth-order valence-electron chi connectivity index (χ4n) is 3.08. The van der Waals surface area contributed by atoms with Gasteiger partial charge in [-0.3, -0.25) is 0 Å². The van der Waals surface area contributed by atoms with Crippen molar-refractivity contribution in [2.45, 2.75) is 45.4 Å². The van der Waals surface area contributed by atoms with Crippen LogP contribution in [0.1, 0.15) is 48.4 Å². The lowest BCUT2D eigenvalue weighted by Crippen LogP contribution is -2.01. The maximum atomic E-state index is 9.89. The Morgan fingerprint density at radius 1 is 1.05 bits per heavy atom. The Bertz CT molecular complexity index is 655. The second-order valence-electron chi connectivity index (χ2n) is 5.88. The van der Waals surface area contributed by atoms with Crippen molar-refractivity contribution in [3.05, 3.63) is 40.2 Å². The zero-order valence-electron chi connectivity index (χ0n) is 12.4. The van der Waals surface area contributed by atoms with Crippen LogP contribution in [0, 0.1) is 13.8 Å². The summed E-state index contributed by atoms with van der Waals surface area (Å²) >= 11 is 6.19. The Morgan fingerprint density at radius 2 is 1.67 bits per heavy atom. The number of aryl methyl sites for hydroxylation is 2. The minimum Gasteiger partial charge on any atom is -0.507 e. The number of benzene rings is 1. The first-order chi connectivity index (χ1) is 10.0. The van der Waals surface area contributed by atoms with Crippen LogP contribution in [0.25, 0.3) is 11.4 Å². The van der Waals surface area contributed by atoms with Crippen LogP contribution >= 0.6 is 11.6 Å². The fraction of sp³-hybridized carbons (Fsp3) is 0.412. The summed E-state index contributed by atoms with van der Waals surface area (Å²) in [5, 5.41) is 10.4. The van der Waals surface area contributed by atoms with E-state index in [1.54, 1.807) is 0 Å². The number of phenolic OH excluding ortho intramolecular Hbond substituents is 1. The Labute approximate surface area is 130 Å². The molecule has 0 amide bonds. The van der Waals surface area contributed by atoms with Crippen LogP contribution < -0.4 is 0 Å². The molecule has 1 saturated carbocycles. The number of halogens is 1. The molecule has 1 N–H and O–H groups in total. The second-order valence-corrected chi connectivity index (χ2v) is 6.27. The molecule has 4 heteroatoms. The van der Waals surface area contributed by atoms with Crippen molar-refractivity contribution in [2.75, 3.05) is 0 Å². The number of hydrogen-bond acceptors (Lipinski definition) is 3. The minimum absolute atomic E-state index is 0.330. The van der Waals surface area contributed by atoms with Crippen molar-refractivity contribution in [1.82, 2.24) is 9.97 Å². The molecule has 21 heavy (non-hydrogen) atoms. The molecule has 0 saturated heterocycles. The molecule has 0 bridgehead atoms. The molecule has 1 heterocycles. The standard InChI is InChI=1S/C17H19ClN2O/c1-10-7-13(8-11(2)16(10)21)17-19-14(9-15(18)20-17)12-5-3-4-6-12/h7-9,12,21H,3-6H2,1-2H3. The average molecular weight is 303 g/mol. The Kier molecular flexibility index (Phi) is 3.85. The molecular weight excluding hydrogens is 284 g/mol. The lowest BCUT2D eigenvalue weighted by molar-refractivity contribution is 0.467. The number of hydrogen-bond donors (Lipinski definition) is 1. The molecule has 0 spiro atoms. The quantitative estimate of drug-likeness (QED) is 0.812. The summed E-state index contributed by atoms with van der Waals surface area (Å²) < 4.78 is 0. The molecule has 110 valence electrons. The van der Waals surface area contributed by atoms with Crippen molar-refractivity contribution in [3.63, 3.8) is 0 Å². The van der Waals surface area contributed by atoms with E-state index in [0.717, 1.165) is 22.4 Å². The largest absolute Gasteiger partial charge is 0.507 e. The number of nitrogens with zero attached hydrogens (tertiary/aromatic N) is 2. The minimum atomic E-state index is 0.330. The highest BCUT2D eigenvalue weighted by molar-refractivity contribution is 6.29. The van der Waals surface area contributed by atoms with Crippen LogP contribution in [0.5, 0.6) is 5.75 Å². The van der Waals surface area contributed by atoms with Gasteiger partial charge in [-0.15, -0.1) is 0 Å². The molecule has 0 unspecified atom stereocenters. The van der Waals surface area contributed by atoms with Gasteiger partial charge in [0.25, 0.3) is 0 Å². The van der Waals surface area contributed by atoms with Gasteiger partial charge < -0.3 is 5.11 Å². The van der Waals surface area contributed by atoms with Gasteiger partial charge in [-0.05, 0) is 56.0 Å². The highest BCUT2D eigenvalue weighted by Crippen LogP contribution is 2.35. The van der Waals surface area contributed by atoms with Gasteiger partial charge in [0.15, 0.2) is 5.82 Å². The molecule has 1 aromatic heterocycles. The highest BCUT2D eigenvalue weighted by Gasteiger charge is 2.20. The molecule has 3 rings (SSSR count). The van der Waals surface area contributed by atoms with Gasteiger partial charge in [-0.2, -0.15) is 0 Å². The molecule has 1 aliphatic rings. The van der Waals surface area contributed by atoms with Gasteiger partial charge in [0, 0.05) is 17.2 Å². The summed E-state index contributed by atoms with van der Waals surface area (Å²) in [7, 11) is 0. The van der Waals surface area contributed by atoms with Crippen molar-refractivity contribution in [1.29, 1.82) is 0 Å². The first-order valence-electron chi connectivity index (χ1n) is 7.39. The van der Waals surface area contributed by atoms with E-state index in [0.29, 0.717) is 22.6 Å². The van der Waals surface area contributed by atoms with Gasteiger partial charge in [0.2, 0.25) is 0 Å². The lowest BCUT2D eigenvalue weighted by Gasteiger charge is -2.12. The molecule has 0 radical (unpaired) electrons. The first-order valence-corrected chi connectivity index (χ1v) is 7.77. The van der Waals surface area contributed by atoms with Crippen LogP contribution in [0.2, 0.25) is 5.15 Å². The molecule has 1 aliphatic carbocycles. The van der Waals surface area contributed by atoms with Crippen molar-refractivity contribution < 1.29 is 5.11 Å². The molecule has 0 aliphatic heterocycles. The maximum Gasteiger partial charge on any atom is 0.161 e. The number of phenols is 1. The summed E-state index contributed by atoms with van der Waals surface area (Å²) in [6.07, 6.45) is 4.89. The van der Waals surface area contributed by atoms with E-state index in [2.05, 4.69) is 4.98 Å². The van der Waals surface area contributed by atoms with E-state index >= 15 is 0 Å². The molecular formula is C17H19ClN2O. The molecule has 1 aromatic carbocycles. The fourth-order valence-corrected chi connectivity index (χ4v) is 3.27. The van der Waals surface area contributed by atoms with Gasteiger partial charge in [-0.25, -0.2) is 9.97 Å². The number of aromatic hydroxyl groups is 1. The smallest absolute Gasteiger partial charge is 0.161 e. The van der Waals surface area contributed by atoms with Gasteiger partial charge in [0.1, 0.15) is 10.9 Å². The molecule has 1 fully saturated rings. The zero-order valence-corrected chi connectivity index (χ0v) is 13.1. The van der Waals surface area contributed by atoms with E-state index in [1.165, 1.54) is 25.7 Å². The van der Waals surface area contributed by atoms with Crippen LogP contribution in [0.4, 0.5) is 0 Å². The second kappa shape index (κ2) is 5.64. The molecule has 0 atom stereocenters. The first kappa shape index (κ1) is 14.3. The van der Waals surface area contributed by atoms with E-state index in [-0.39, 0.29) is 0 Å².